The summed E-state index contributed by atoms with van der Waals surface area (Å²) in [5, 5.41) is 0.506. The van der Waals surface area contributed by atoms with Crippen LogP contribution < -0.4 is 3.84 Å². The van der Waals surface area contributed by atoms with Gasteiger partial charge in [0.1, 0.15) is 0 Å². The Morgan fingerprint density at radius 2 is 1.17 bits per heavy atom. The summed E-state index contributed by atoms with van der Waals surface area (Å²) in [6.45, 7) is 41.9. The molecule has 4 atom stereocenters. The van der Waals surface area contributed by atoms with Gasteiger partial charge in [0.25, 0.3) is 0 Å². The van der Waals surface area contributed by atoms with Gasteiger partial charge in [-0.05, 0) is 0 Å². The molecule has 3 heterocycles. The zero-order chi connectivity index (χ0) is 40.4. The second-order valence-electron chi connectivity index (χ2n) is 20.6. The van der Waals surface area contributed by atoms with Crippen LogP contribution in [0.1, 0.15) is 128 Å². The molecule has 8 nitrogen and oxygen atoms in total. The van der Waals surface area contributed by atoms with Gasteiger partial charge in [-0.15, -0.1) is 0 Å². The second kappa shape index (κ2) is 18.0. The molecule has 306 valence electrons. The molecule has 1 aliphatic rings. The molecule has 2 aromatic heterocycles. The molecular formula is C40H79ClN4O4Si3Sn. The molecular weight excluding hydrogens is 839 g/mol. The summed E-state index contributed by atoms with van der Waals surface area (Å²) in [6, 6.07) is 0. The number of imidazole rings is 1. The molecule has 1 aliphatic heterocycles. The number of hydrogen-bond donors (Lipinski definition) is 0. The molecule has 0 amide bonds. The van der Waals surface area contributed by atoms with Crippen molar-refractivity contribution in [2.75, 3.05) is 6.61 Å². The van der Waals surface area contributed by atoms with Gasteiger partial charge in [-0.3, -0.25) is 0 Å². The van der Waals surface area contributed by atoms with Crippen LogP contribution in [0.4, 0.5) is 0 Å². The number of fused-ring (bicyclic) bond motifs is 1. The van der Waals surface area contributed by atoms with E-state index in [0.717, 1.165) is 9.49 Å². The van der Waals surface area contributed by atoms with Crippen molar-refractivity contribution in [2.24, 2.45) is 0 Å². The van der Waals surface area contributed by atoms with Crippen LogP contribution in [0.2, 0.25) is 72.9 Å². The molecule has 1 saturated heterocycles. The zero-order valence-electron chi connectivity index (χ0n) is 37.3. The third-order valence-corrected chi connectivity index (χ3v) is 41.6. The summed E-state index contributed by atoms with van der Waals surface area (Å²) in [6.07, 6.45) is 7.51. The number of halogens is 1. The maximum absolute atomic E-state index is 7.49. The summed E-state index contributed by atoms with van der Waals surface area (Å²) in [5.74, 6) is 0. The van der Waals surface area contributed by atoms with Crippen molar-refractivity contribution >= 4 is 69.9 Å². The van der Waals surface area contributed by atoms with Gasteiger partial charge in [0.05, 0.1) is 0 Å². The van der Waals surface area contributed by atoms with Gasteiger partial charge < -0.3 is 0 Å². The van der Waals surface area contributed by atoms with E-state index >= 15 is 0 Å². The Balaban J connectivity index is 2.31. The summed E-state index contributed by atoms with van der Waals surface area (Å²) in [4.78, 5) is 15.6. The predicted molar refractivity (Wildman–Crippen MR) is 236 cm³/mol. The van der Waals surface area contributed by atoms with Gasteiger partial charge in [0.2, 0.25) is 0 Å². The van der Waals surface area contributed by atoms with Crippen LogP contribution in [0, 0.1) is 0 Å². The first-order valence-corrected chi connectivity index (χ1v) is 37.3. The molecule has 0 aliphatic carbocycles. The molecule has 0 unspecified atom stereocenters. The van der Waals surface area contributed by atoms with Crippen LogP contribution in [-0.2, 0) is 18.0 Å². The Hall–Kier alpha value is 0.129. The van der Waals surface area contributed by atoms with E-state index in [2.05, 4.69) is 127 Å². The number of rotatable bonds is 18. The first kappa shape index (κ1) is 47.5. The number of ether oxygens (including phenoxy) is 1. The molecule has 0 aromatic carbocycles. The average Bonchev–Trinajstić information content (AvgIpc) is 3.59. The van der Waals surface area contributed by atoms with Crippen molar-refractivity contribution in [2.45, 2.75) is 214 Å². The fourth-order valence-electron chi connectivity index (χ4n) is 6.44. The van der Waals surface area contributed by atoms with Crippen molar-refractivity contribution < 1.29 is 18.0 Å². The summed E-state index contributed by atoms with van der Waals surface area (Å²) in [7, 11) is -6.72. The van der Waals surface area contributed by atoms with Crippen molar-refractivity contribution in [3.8, 4) is 0 Å². The van der Waals surface area contributed by atoms with Crippen LogP contribution in [0.5, 0.6) is 0 Å². The first-order valence-electron chi connectivity index (χ1n) is 20.7. The fraction of sp³-hybridized carbons (Fsp3) is 0.875. The Kier molecular flexibility index (Phi) is 16.1. The van der Waals surface area contributed by atoms with Gasteiger partial charge >= 0.3 is 339 Å². The number of hydrogen-bond acceptors (Lipinski definition) is 7. The molecule has 2 aromatic rings. The third-order valence-electron chi connectivity index (χ3n) is 13.3. The second-order valence-corrected chi connectivity index (χ2v) is 48.1. The third kappa shape index (κ3) is 11.0. The standard InChI is InChI=1S/C28H52ClN4O4Si3.3C4H9.Sn/c1-26(2,3)38(10,11)34-16-19-21(36-39(12,13)27(4,5)6)22(37-40(14,15)28(7,8)9)25(35-19)33-18-32-20-23(29)30-17-31-24(20)33;3*1-3-4-2;/h18-19,21-22,25H,16H2,1-15H3;3*1,3-4H2,2H3;/t19-,21-,22-,25-;;;;/m1..../s1. The average molecular weight is 919 g/mol. The van der Waals surface area contributed by atoms with Crippen LogP contribution in [0.3, 0.4) is 0 Å². The quantitative estimate of drug-likeness (QED) is 0.109. The molecule has 13 heteroatoms. The van der Waals surface area contributed by atoms with Gasteiger partial charge in [0.15, 0.2) is 0 Å². The molecule has 53 heavy (non-hydrogen) atoms. The van der Waals surface area contributed by atoms with Gasteiger partial charge in [-0.1, -0.05) is 0 Å². The fourth-order valence-corrected chi connectivity index (χ4v) is 25.3. The molecule has 0 radical (unpaired) electrons. The van der Waals surface area contributed by atoms with Crippen molar-refractivity contribution in [3.05, 3.63) is 11.5 Å². The van der Waals surface area contributed by atoms with E-state index < -0.39 is 49.6 Å². The van der Waals surface area contributed by atoms with Gasteiger partial charge in [-0.25, -0.2) is 0 Å². The SMILES string of the molecule is CCC[CH2][Sn]([CH2]CCC)([CH2]CCC)[c]1nc(Cl)c2ncn([C@@H]3O[C@H](CO[Si](C)(C)C(C)(C)C)[C@@H](O[Si](C)(C)C(C)(C)C)[C@H]3O[Si](C)(C)C(C)(C)C)c2n1. The minimum atomic E-state index is -3.07. The van der Waals surface area contributed by atoms with E-state index in [1.807, 2.05) is 6.33 Å². The van der Waals surface area contributed by atoms with Gasteiger partial charge in [-0.2, -0.15) is 0 Å². The normalized spacial score (nSPS) is 21.3. The van der Waals surface area contributed by atoms with Crippen LogP contribution in [0.15, 0.2) is 6.33 Å². The molecule has 0 N–H and O–H groups in total. The Morgan fingerprint density at radius 1 is 0.717 bits per heavy atom. The Morgan fingerprint density at radius 3 is 1.60 bits per heavy atom. The number of unbranched alkanes of at least 4 members (excludes halogenated alkanes) is 3. The van der Waals surface area contributed by atoms with Crippen LogP contribution in [0.25, 0.3) is 11.2 Å². The molecule has 0 saturated carbocycles. The van der Waals surface area contributed by atoms with E-state index in [9.17, 15) is 0 Å². The van der Waals surface area contributed by atoms with Crippen LogP contribution in [-0.4, -0.2) is 87.8 Å². The minimum absolute atomic E-state index is 0.000593. The molecule has 3 rings (SSSR count). The van der Waals surface area contributed by atoms with Crippen molar-refractivity contribution in [3.63, 3.8) is 0 Å². The first-order chi connectivity index (χ1) is 24.2. The van der Waals surface area contributed by atoms with E-state index in [0.29, 0.717) is 17.3 Å². The predicted octanol–water partition coefficient (Wildman–Crippen LogP) is 12.2. The summed E-state index contributed by atoms with van der Waals surface area (Å²) in [5.41, 5.74) is 1.39. The van der Waals surface area contributed by atoms with Gasteiger partial charge in [0, 0.05) is 0 Å². The van der Waals surface area contributed by atoms with E-state index in [4.69, 9.17) is 44.6 Å². The molecule has 0 bridgehead atoms. The number of nitrogens with zero attached hydrogens (tertiary/aromatic N) is 4. The Bertz CT molecular complexity index is 1460. The summed E-state index contributed by atoms with van der Waals surface area (Å²) >= 11 is 4.07. The topological polar surface area (TPSA) is 80.5 Å². The van der Waals surface area contributed by atoms with E-state index in [1.54, 1.807) is 0 Å². The van der Waals surface area contributed by atoms with E-state index in [1.165, 1.54) is 51.8 Å². The monoisotopic (exact) mass is 918 g/mol. The number of aromatic nitrogens is 4. The molecule has 0 spiro atoms. The van der Waals surface area contributed by atoms with E-state index in [-0.39, 0.29) is 33.4 Å². The van der Waals surface area contributed by atoms with Crippen molar-refractivity contribution in [1.82, 2.24) is 19.5 Å². The summed E-state index contributed by atoms with van der Waals surface area (Å²) < 4.78 is 36.1. The van der Waals surface area contributed by atoms with Crippen LogP contribution >= 0.6 is 11.6 Å². The molecule has 1 fully saturated rings. The maximum atomic E-state index is 7.49. The zero-order valence-corrected chi connectivity index (χ0v) is 43.9. The Labute approximate surface area is 337 Å². The van der Waals surface area contributed by atoms with Crippen molar-refractivity contribution in [1.29, 1.82) is 0 Å².